The highest BCUT2D eigenvalue weighted by molar-refractivity contribution is 5.14. The van der Waals surface area contributed by atoms with Crippen LogP contribution in [0.15, 0.2) is 30.3 Å². The van der Waals surface area contributed by atoms with Crippen molar-refractivity contribution in [1.29, 1.82) is 0 Å². The minimum atomic E-state index is 0.889. The maximum absolute atomic E-state index is 3.55. The summed E-state index contributed by atoms with van der Waals surface area (Å²) < 4.78 is 0. The highest BCUT2D eigenvalue weighted by atomic mass is 14.8. The predicted octanol–water partition coefficient (Wildman–Crippen LogP) is 7.50. The minimum Gasteiger partial charge on any atom is -0.313 e. The van der Waals surface area contributed by atoms with E-state index in [0.29, 0.717) is 0 Å². The van der Waals surface area contributed by atoms with Crippen LogP contribution in [0.1, 0.15) is 103 Å². The van der Waals surface area contributed by atoms with Crippen molar-refractivity contribution in [3.8, 4) is 0 Å². The Morgan fingerprint density at radius 2 is 1.12 bits per heavy atom. The van der Waals surface area contributed by atoms with Gasteiger partial charge < -0.3 is 5.32 Å². The molecule has 1 rings (SSSR count). The van der Waals surface area contributed by atoms with Crippen molar-refractivity contribution in [2.45, 2.75) is 104 Å². The van der Waals surface area contributed by atoms with Crippen LogP contribution in [0.4, 0.5) is 0 Å². The monoisotopic (exact) mass is 345 g/mol. The van der Waals surface area contributed by atoms with Crippen LogP contribution in [0.3, 0.4) is 0 Å². The highest BCUT2D eigenvalue weighted by Crippen LogP contribution is 2.14. The zero-order valence-corrected chi connectivity index (χ0v) is 17.1. The normalized spacial score (nSPS) is 11.3. The molecule has 1 heteroatoms. The summed E-state index contributed by atoms with van der Waals surface area (Å²) in [6.45, 7) is 6.84. The minimum absolute atomic E-state index is 0.889. The Morgan fingerprint density at radius 1 is 0.640 bits per heavy atom. The quantitative estimate of drug-likeness (QED) is 0.288. The first-order chi connectivity index (χ1) is 12.3. The molecule has 144 valence electrons. The Kier molecular flexibility index (Phi) is 14.8. The van der Waals surface area contributed by atoms with Crippen molar-refractivity contribution in [3.63, 3.8) is 0 Å². The molecule has 1 aromatic rings. The molecule has 1 nitrogen and oxygen atoms in total. The summed E-state index contributed by atoms with van der Waals surface area (Å²) in [4.78, 5) is 0. The fourth-order valence-corrected chi connectivity index (χ4v) is 3.40. The van der Waals surface area contributed by atoms with E-state index in [-0.39, 0.29) is 0 Å². The van der Waals surface area contributed by atoms with Gasteiger partial charge in [0.15, 0.2) is 0 Å². The molecule has 1 aromatic carbocycles. The molecule has 0 aliphatic carbocycles. The summed E-state index contributed by atoms with van der Waals surface area (Å²) in [6.07, 6.45) is 18.6. The van der Waals surface area contributed by atoms with E-state index in [0.717, 1.165) is 19.0 Å². The van der Waals surface area contributed by atoms with E-state index in [2.05, 4.69) is 49.5 Å². The number of rotatable bonds is 17. The average molecular weight is 346 g/mol. The van der Waals surface area contributed by atoms with E-state index < -0.39 is 0 Å². The first-order valence-electron chi connectivity index (χ1n) is 11.0. The number of benzene rings is 1. The molecule has 0 aromatic heterocycles. The van der Waals surface area contributed by atoms with E-state index in [4.69, 9.17) is 0 Å². The largest absolute Gasteiger partial charge is 0.313 e. The van der Waals surface area contributed by atoms with Crippen molar-refractivity contribution >= 4 is 0 Å². The van der Waals surface area contributed by atoms with Crippen LogP contribution in [-0.4, -0.2) is 6.54 Å². The van der Waals surface area contributed by atoms with Gasteiger partial charge in [0.05, 0.1) is 0 Å². The molecule has 25 heavy (non-hydrogen) atoms. The lowest BCUT2D eigenvalue weighted by atomic mass is 10.0. The SMILES string of the molecule is CC(C)CCCCCCCCCCCCCCNCc1ccccc1. The van der Waals surface area contributed by atoms with Gasteiger partial charge in [-0.25, -0.2) is 0 Å². The first-order valence-corrected chi connectivity index (χ1v) is 11.0. The van der Waals surface area contributed by atoms with E-state index in [1.165, 1.54) is 89.0 Å². The van der Waals surface area contributed by atoms with Gasteiger partial charge in [-0.15, -0.1) is 0 Å². The standard InChI is InChI=1S/C24H43N/c1-23(2)18-14-11-9-7-5-3-4-6-8-10-12-17-21-25-22-24-19-15-13-16-20-24/h13,15-16,19-20,23,25H,3-12,14,17-18,21-22H2,1-2H3. The maximum Gasteiger partial charge on any atom is 0.0205 e. The van der Waals surface area contributed by atoms with E-state index in [1.54, 1.807) is 0 Å². The van der Waals surface area contributed by atoms with Crippen molar-refractivity contribution in [1.82, 2.24) is 5.32 Å². The van der Waals surface area contributed by atoms with Crippen LogP contribution in [0.25, 0.3) is 0 Å². The lowest BCUT2D eigenvalue weighted by molar-refractivity contribution is 0.502. The number of nitrogens with one attached hydrogen (secondary N) is 1. The Labute approximate surface area is 158 Å². The van der Waals surface area contributed by atoms with Gasteiger partial charge in [0.1, 0.15) is 0 Å². The van der Waals surface area contributed by atoms with Crippen LogP contribution < -0.4 is 5.32 Å². The van der Waals surface area contributed by atoms with Gasteiger partial charge in [-0.2, -0.15) is 0 Å². The van der Waals surface area contributed by atoms with Crippen LogP contribution in [0, 0.1) is 5.92 Å². The molecule has 0 saturated carbocycles. The molecule has 0 radical (unpaired) electrons. The second-order valence-electron chi connectivity index (χ2n) is 8.09. The molecule has 0 amide bonds. The Bertz CT molecular complexity index is 371. The third-order valence-corrected chi connectivity index (χ3v) is 5.06. The van der Waals surface area contributed by atoms with Gasteiger partial charge in [0, 0.05) is 6.54 Å². The molecule has 0 heterocycles. The number of unbranched alkanes of at least 4 members (excludes halogenated alkanes) is 11. The van der Waals surface area contributed by atoms with Gasteiger partial charge in [-0.1, -0.05) is 121 Å². The van der Waals surface area contributed by atoms with Crippen molar-refractivity contribution in [2.24, 2.45) is 5.92 Å². The van der Waals surface area contributed by atoms with Crippen molar-refractivity contribution in [3.05, 3.63) is 35.9 Å². The van der Waals surface area contributed by atoms with E-state index in [1.807, 2.05) is 0 Å². The van der Waals surface area contributed by atoms with Crippen molar-refractivity contribution in [2.75, 3.05) is 6.54 Å². The maximum atomic E-state index is 3.55. The van der Waals surface area contributed by atoms with Gasteiger partial charge in [0.25, 0.3) is 0 Å². The summed E-state index contributed by atoms with van der Waals surface area (Å²) in [5, 5.41) is 3.55. The second kappa shape index (κ2) is 16.6. The molecule has 0 saturated heterocycles. The lowest BCUT2D eigenvalue weighted by Crippen LogP contribution is -2.14. The smallest absolute Gasteiger partial charge is 0.0205 e. The average Bonchev–Trinajstić information content (AvgIpc) is 2.62. The number of hydrogen-bond acceptors (Lipinski definition) is 1. The summed E-state index contributed by atoms with van der Waals surface area (Å²) in [6, 6.07) is 10.7. The third-order valence-electron chi connectivity index (χ3n) is 5.06. The molecular weight excluding hydrogens is 302 g/mol. The lowest BCUT2D eigenvalue weighted by Gasteiger charge is -2.06. The van der Waals surface area contributed by atoms with Crippen LogP contribution in [-0.2, 0) is 6.54 Å². The Morgan fingerprint density at radius 3 is 1.64 bits per heavy atom. The van der Waals surface area contributed by atoms with Gasteiger partial charge in [-0.3, -0.25) is 0 Å². The number of hydrogen-bond donors (Lipinski definition) is 1. The van der Waals surface area contributed by atoms with Gasteiger partial charge in [0.2, 0.25) is 0 Å². The van der Waals surface area contributed by atoms with Gasteiger partial charge in [-0.05, 0) is 24.4 Å². The highest BCUT2D eigenvalue weighted by Gasteiger charge is 1.96. The molecule has 1 N–H and O–H groups in total. The predicted molar refractivity (Wildman–Crippen MR) is 113 cm³/mol. The van der Waals surface area contributed by atoms with E-state index >= 15 is 0 Å². The molecule has 0 aliphatic heterocycles. The fraction of sp³-hybridized carbons (Fsp3) is 0.750. The molecule has 0 spiro atoms. The molecule has 0 atom stereocenters. The summed E-state index contributed by atoms with van der Waals surface area (Å²) in [7, 11) is 0. The van der Waals surface area contributed by atoms with Gasteiger partial charge >= 0.3 is 0 Å². The Hall–Kier alpha value is -0.820. The van der Waals surface area contributed by atoms with Crippen LogP contribution >= 0.6 is 0 Å². The van der Waals surface area contributed by atoms with Crippen LogP contribution in [0.5, 0.6) is 0 Å². The molecule has 0 unspecified atom stereocenters. The zero-order chi connectivity index (χ0) is 18.0. The summed E-state index contributed by atoms with van der Waals surface area (Å²) >= 11 is 0. The zero-order valence-electron chi connectivity index (χ0n) is 17.1. The Balaban J connectivity index is 1.71. The molecule has 0 fully saturated rings. The van der Waals surface area contributed by atoms with Crippen LogP contribution in [0.2, 0.25) is 0 Å². The topological polar surface area (TPSA) is 12.0 Å². The molecule has 0 aliphatic rings. The summed E-state index contributed by atoms with van der Waals surface area (Å²) in [5.74, 6) is 0.889. The second-order valence-corrected chi connectivity index (χ2v) is 8.09. The third kappa shape index (κ3) is 15.2. The molecular formula is C24H43N. The first kappa shape index (κ1) is 22.2. The fourth-order valence-electron chi connectivity index (χ4n) is 3.40. The van der Waals surface area contributed by atoms with E-state index in [9.17, 15) is 0 Å². The summed E-state index contributed by atoms with van der Waals surface area (Å²) in [5.41, 5.74) is 1.39. The molecule has 0 bridgehead atoms. The van der Waals surface area contributed by atoms with Crippen molar-refractivity contribution < 1.29 is 0 Å².